The minimum atomic E-state index is 0.755. The topological polar surface area (TPSA) is 41.6 Å². The lowest BCUT2D eigenvalue weighted by Gasteiger charge is -2.04. The van der Waals surface area contributed by atoms with Gasteiger partial charge in [-0.1, -0.05) is 32.0 Å². The van der Waals surface area contributed by atoms with Gasteiger partial charge < -0.3 is 0 Å². The maximum absolute atomic E-state index is 4.02. The molecule has 0 amide bonds. The second-order valence-electron chi connectivity index (χ2n) is 2.62. The molecule has 0 saturated heterocycles. The first-order chi connectivity index (χ1) is 5.33. The number of rotatable bonds is 4. The molecule has 1 unspecified atom stereocenters. The summed E-state index contributed by atoms with van der Waals surface area (Å²) in [7, 11) is 0. The zero-order chi connectivity index (χ0) is 8.10. The van der Waals surface area contributed by atoms with Crippen molar-refractivity contribution in [2.75, 3.05) is 5.75 Å². The van der Waals surface area contributed by atoms with Gasteiger partial charge in [-0.3, -0.25) is 5.10 Å². The second kappa shape index (κ2) is 4.38. The summed E-state index contributed by atoms with van der Waals surface area (Å²) in [6, 6.07) is 0. The van der Waals surface area contributed by atoms with Gasteiger partial charge in [-0.2, -0.15) is 5.10 Å². The number of aromatic nitrogens is 3. The van der Waals surface area contributed by atoms with E-state index in [1.165, 1.54) is 6.42 Å². The fourth-order valence-electron chi connectivity index (χ4n) is 0.603. The first-order valence-corrected chi connectivity index (χ1v) is 4.79. The van der Waals surface area contributed by atoms with Crippen LogP contribution in [0, 0.1) is 5.92 Å². The zero-order valence-corrected chi connectivity index (χ0v) is 7.69. The van der Waals surface area contributed by atoms with Crippen LogP contribution in [0.25, 0.3) is 0 Å². The van der Waals surface area contributed by atoms with Crippen LogP contribution < -0.4 is 0 Å². The van der Waals surface area contributed by atoms with Crippen LogP contribution in [0.15, 0.2) is 11.5 Å². The van der Waals surface area contributed by atoms with Crippen molar-refractivity contribution in [3.63, 3.8) is 0 Å². The van der Waals surface area contributed by atoms with Crippen molar-refractivity contribution >= 4 is 11.8 Å². The Kier molecular flexibility index (Phi) is 3.42. The van der Waals surface area contributed by atoms with E-state index in [9.17, 15) is 0 Å². The van der Waals surface area contributed by atoms with Gasteiger partial charge in [0.25, 0.3) is 0 Å². The van der Waals surface area contributed by atoms with E-state index in [0.717, 1.165) is 16.8 Å². The average Bonchev–Trinajstić information content (AvgIpc) is 2.52. The monoisotopic (exact) mass is 171 g/mol. The van der Waals surface area contributed by atoms with Crippen LogP contribution in [-0.2, 0) is 0 Å². The molecule has 1 rings (SSSR count). The summed E-state index contributed by atoms with van der Waals surface area (Å²) in [5, 5.41) is 7.51. The molecule has 1 N–H and O–H groups in total. The van der Waals surface area contributed by atoms with Gasteiger partial charge in [-0.15, -0.1) is 0 Å². The standard InChI is InChI=1S/C7H13N3S/c1-3-6(2)4-11-7-8-5-9-10-7/h5-6H,3-4H2,1-2H3,(H,8,9,10). The van der Waals surface area contributed by atoms with Crippen molar-refractivity contribution in [2.24, 2.45) is 5.92 Å². The molecule has 1 heterocycles. The summed E-state index contributed by atoms with van der Waals surface area (Å²) >= 11 is 1.73. The number of H-pyrrole nitrogens is 1. The fraction of sp³-hybridized carbons (Fsp3) is 0.714. The van der Waals surface area contributed by atoms with Gasteiger partial charge in [0.15, 0.2) is 5.16 Å². The fourth-order valence-corrected chi connectivity index (χ4v) is 1.52. The summed E-state index contributed by atoms with van der Waals surface area (Å²) in [6.07, 6.45) is 2.76. The Morgan fingerprint density at radius 3 is 3.09 bits per heavy atom. The van der Waals surface area contributed by atoms with Crippen molar-refractivity contribution in [3.05, 3.63) is 6.33 Å². The Hall–Kier alpha value is -0.510. The number of hydrogen-bond acceptors (Lipinski definition) is 3. The van der Waals surface area contributed by atoms with Crippen LogP contribution in [0.4, 0.5) is 0 Å². The molecule has 0 radical (unpaired) electrons. The summed E-state index contributed by atoms with van der Waals surface area (Å²) in [5.74, 6) is 1.87. The van der Waals surface area contributed by atoms with Crippen molar-refractivity contribution < 1.29 is 0 Å². The molecule has 1 aromatic heterocycles. The highest BCUT2D eigenvalue weighted by molar-refractivity contribution is 7.99. The molecular weight excluding hydrogens is 158 g/mol. The highest BCUT2D eigenvalue weighted by Crippen LogP contribution is 2.16. The summed E-state index contributed by atoms with van der Waals surface area (Å²) in [6.45, 7) is 4.44. The van der Waals surface area contributed by atoms with Gasteiger partial charge in [0, 0.05) is 5.75 Å². The number of aromatic amines is 1. The molecule has 0 fully saturated rings. The van der Waals surface area contributed by atoms with Gasteiger partial charge >= 0.3 is 0 Å². The molecular formula is C7H13N3S. The van der Waals surface area contributed by atoms with Gasteiger partial charge in [0.2, 0.25) is 0 Å². The van der Waals surface area contributed by atoms with Gasteiger partial charge in [0.1, 0.15) is 6.33 Å². The second-order valence-corrected chi connectivity index (χ2v) is 3.62. The molecule has 0 bridgehead atoms. The molecule has 1 aromatic rings. The van der Waals surface area contributed by atoms with E-state index in [0.29, 0.717) is 0 Å². The van der Waals surface area contributed by atoms with E-state index >= 15 is 0 Å². The Balaban J connectivity index is 2.23. The number of hydrogen-bond donors (Lipinski definition) is 1. The first kappa shape index (κ1) is 8.59. The van der Waals surface area contributed by atoms with Crippen LogP contribution in [0.5, 0.6) is 0 Å². The molecule has 0 aliphatic heterocycles. The summed E-state index contributed by atoms with van der Waals surface area (Å²) in [5.41, 5.74) is 0. The van der Waals surface area contributed by atoms with Crippen LogP contribution in [0.2, 0.25) is 0 Å². The Morgan fingerprint density at radius 2 is 2.55 bits per heavy atom. The molecule has 62 valence electrons. The molecule has 0 aromatic carbocycles. The Labute approximate surface area is 71.0 Å². The normalized spacial score (nSPS) is 13.3. The molecule has 4 heteroatoms. The third kappa shape index (κ3) is 2.93. The SMILES string of the molecule is CCC(C)CSc1ncn[nH]1. The lowest BCUT2D eigenvalue weighted by atomic mass is 10.2. The van der Waals surface area contributed by atoms with E-state index < -0.39 is 0 Å². The van der Waals surface area contributed by atoms with E-state index in [2.05, 4.69) is 29.0 Å². The molecule has 0 saturated carbocycles. The van der Waals surface area contributed by atoms with Crippen molar-refractivity contribution in [1.29, 1.82) is 0 Å². The number of thioether (sulfide) groups is 1. The lowest BCUT2D eigenvalue weighted by molar-refractivity contribution is 0.636. The third-order valence-corrected chi connectivity index (χ3v) is 2.80. The molecule has 11 heavy (non-hydrogen) atoms. The minimum Gasteiger partial charge on any atom is -0.254 e. The minimum absolute atomic E-state index is 0.755. The quantitative estimate of drug-likeness (QED) is 0.704. The van der Waals surface area contributed by atoms with Crippen LogP contribution in [0.1, 0.15) is 20.3 Å². The average molecular weight is 171 g/mol. The lowest BCUT2D eigenvalue weighted by Crippen LogP contribution is -1.95. The third-order valence-electron chi connectivity index (χ3n) is 1.59. The smallest absolute Gasteiger partial charge is 0.183 e. The van der Waals surface area contributed by atoms with Gasteiger partial charge in [0.05, 0.1) is 0 Å². The van der Waals surface area contributed by atoms with Gasteiger partial charge in [-0.25, -0.2) is 4.98 Å². The van der Waals surface area contributed by atoms with E-state index in [4.69, 9.17) is 0 Å². The zero-order valence-electron chi connectivity index (χ0n) is 6.87. The summed E-state index contributed by atoms with van der Waals surface area (Å²) in [4.78, 5) is 4.02. The predicted molar refractivity (Wildman–Crippen MR) is 46.6 cm³/mol. The summed E-state index contributed by atoms with van der Waals surface area (Å²) < 4.78 is 0. The first-order valence-electron chi connectivity index (χ1n) is 3.81. The molecule has 3 nitrogen and oxygen atoms in total. The maximum atomic E-state index is 4.02. The van der Waals surface area contributed by atoms with Crippen molar-refractivity contribution in [2.45, 2.75) is 25.4 Å². The largest absolute Gasteiger partial charge is 0.254 e. The highest BCUT2D eigenvalue weighted by atomic mass is 32.2. The number of nitrogens with zero attached hydrogens (tertiary/aromatic N) is 2. The molecule has 1 atom stereocenters. The van der Waals surface area contributed by atoms with Crippen LogP contribution >= 0.6 is 11.8 Å². The van der Waals surface area contributed by atoms with Crippen molar-refractivity contribution in [3.8, 4) is 0 Å². The molecule has 0 spiro atoms. The van der Waals surface area contributed by atoms with Gasteiger partial charge in [-0.05, 0) is 5.92 Å². The molecule has 0 aliphatic rings. The van der Waals surface area contributed by atoms with E-state index in [1.54, 1.807) is 18.1 Å². The Morgan fingerprint density at radius 1 is 1.73 bits per heavy atom. The Bertz CT molecular complexity index is 186. The van der Waals surface area contributed by atoms with Crippen LogP contribution in [0.3, 0.4) is 0 Å². The molecule has 0 aliphatic carbocycles. The van der Waals surface area contributed by atoms with Crippen molar-refractivity contribution in [1.82, 2.24) is 15.2 Å². The number of nitrogens with one attached hydrogen (secondary N) is 1. The van der Waals surface area contributed by atoms with Crippen LogP contribution in [-0.4, -0.2) is 20.9 Å². The maximum Gasteiger partial charge on any atom is 0.183 e. The highest BCUT2D eigenvalue weighted by Gasteiger charge is 2.01. The van der Waals surface area contributed by atoms with E-state index in [1.807, 2.05) is 0 Å². The predicted octanol–water partition coefficient (Wildman–Crippen LogP) is 1.94. The van der Waals surface area contributed by atoms with E-state index in [-0.39, 0.29) is 0 Å².